The van der Waals surface area contributed by atoms with Crippen molar-refractivity contribution >= 4 is 5.91 Å². The fourth-order valence-electron chi connectivity index (χ4n) is 2.97. The van der Waals surface area contributed by atoms with Crippen LogP contribution in [0, 0.1) is 0 Å². The molecule has 0 bridgehead atoms. The van der Waals surface area contributed by atoms with E-state index in [0.717, 1.165) is 5.69 Å². The molecule has 23 heavy (non-hydrogen) atoms. The van der Waals surface area contributed by atoms with Crippen molar-refractivity contribution in [3.63, 3.8) is 0 Å². The number of primary amides is 1. The number of hydrogen-bond donors (Lipinski definition) is 2. The molecule has 1 amide bonds. The van der Waals surface area contributed by atoms with E-state index in [9.17, 15) is 4.79 Å². The SMILES string of the molecule is CC(c1cc(C(N)=O)n[nH]1)C(c1ccccc1)c1ccccc1. The highest BCUT2D eigenvalue weighted by Crippen LogP contribution is 2.37. The van der Waals surface area contributed by atoms with Crippen molar-refractivity contribution < 1.29 is 4.79 Å². The number of aromatic amines is 1. The molecular formula is C19H19N3O. The second-order valence-corrected chi connectivity index (χ2v) is 5.66. The summed E-state index contributed by atoms with van der Waals surface area (Å²) in [6.45, 7) is 2.13. The maximum absolute atomic E-state index is 11.3. The standard InChI is InChI=1S/C19H19N3O/c1-13(16-12-17(19(20)23)22-21-16)18(14-8-4-2-5-9-14)15-10-6-3-7-11-15/h2-13,18H,1H3,(H2,20,23)(H,21,22). The Morgan fingerprint density at radius 1 is 1.00 bits per heavy atom. The van der Waals surface area contributed by atoms with Gasteiger partial charge in [0.05, 0.1) is 0 Å². The molecule has 3 rings (SSSR count). The first-order valence-corrected chi connectivity index (χ1v) is 7.62. The molecule has 2 aromatic carbocycles. The Balaban J connectivity index is 2.02. The summed E-state index contributed by atoms with van der Waals surface area (Å²) in [5, 5.41) is 6.96. The van der Waals surface area contributed by atoms with Gasteiger partial charge in [-0.2, -0.15) is 5.10 Å². The zero-order valence-corrected chi connectivity index (χ0v) is 12.9. The lowest BCUT2D eigenvalue weighted by Crippen LogP contribution is -2.11. The van der Waals surface area contributed by atoms with Crippen LogP contribution in [0.25, 0.3) is 0 Å². The predicted molar refractivity (Wildman–Crippen MR) is 90.2 cm³/mol. The molecule has 0 saturated carbocycles. The lowest BCUT2D eigenvalue weighted by Gasteiger charge is -2.24. The molecule has 1 heterocycles. The van der Waals surface area contributed by atoms with Crippen molar-refractivity contribution in [3.8, 4) is 0 Å². The van der Waals surface area contributed by atoms with Crippen LogP contribution in [0.1, 0.15) is 46.1 Å². The van der Waals surface area contributed by atoms with Gasteiger partial charge in [-0.25, -0.2) is 0 Å². The van der Waals surface area contributed by atoms with Gasteiger partial charge in [0.15, 0.2) is 0 Å². The van der Waals surface area contributed by atoms with Gasteiger partial charge in [0.2, 0.25) is 0 Å². The fraction of sp³-hybridized carbons (Fsp3) is 0.158. The molecule has 0 radical (unpaired) electrons. The van der Waals surface area contributed by atoms with Gasteiger partial charge in [-0.1, -0.05) is 67.6 Å². The summed E-state index contributed by atoms with van der Waals surface area (Å²) in [6.07, 6.45) is 0. The summed E-state index contributed by atoms with van der Waals surface area (Å²) in [5.74, 6) is -0.227. The number of carbonyl (C=O) groups is 1. The molecule has 0 aliphatic heterocycles. The van der Waals surface area contributed by atoms with Crippen LogP contribution in [0.2, 0.25) is 0 Å². The monoisotopic (exact) mass is 305 g/mol. The first kappa shape index (κ1) is 15.0. The molecule has 0 aliphatic rings. The number of nitrogens with zero attached hydrogens (tertiary/aromatic N) is 1. The molecule has 1 atom stereocenters. The molecule has 3 aromatic rings. The first-order valence-electron chi connectivity index (χ1n) is 7.62. The normalized spacial score (nSPS) is 12.3. The summed E-state index contributed by atoms with van der Waals surface area (Å²) >= 11 is 0. The molecule has 4 heteroatoms. The van der Waals surface area contributed by atoms with E-state index in [4.69, 9.17) is 5.73 Å². The van der Waals surface area contributed by atoms with Crippen LogP contribution in [-0.2, 0) is 0 Å². The minimum Gasteiger partial charge on any atom is -0.364 e. The Kier molecular flexibility index (Phi) is 4.24. The lowest BCUT2D eigenvalue weighted by molar-refractivity contribution is 0.0995. The Labute approximate surface area is 135 Å². The number of nitrogens with two attached hydrogens (primary N) is 1. The summed E-state index contributed by atoms with van der Waals surface area (Å²) in [6, 6.07) is 22.4. The van der Waals surface area contributed by atoms with Crippen molar-refractivity contribution in [2.45, 2.75) is 18.8 Å². The molecule has 116 valence electrons. The number of H-pyrrole nitrogens is 1. The summed E-state index contributed by atoms with van der Waals surface area (Å²) in [7, 11) is 0. The van der Waals surface area contributed by atoms with Gasteiger partial charge in [-0.05, 0) is 17.2 Å². The van der Waals surface area contributed by atoms with E-state index >= 15 is 0 Å². The largest absolute Gasteiger partial charge is 0.364 e. The van der Waals surface area contributed by atoms with Crippen LogP contribution in [0.5, 0.6) is 0 Å². The summed E-state index contributed by atoms with van der Waals surface area (Å²) in [4.78, 5) is 11.3. The number of nitrogens with one attached hydrogen (secondary N) is 1. The van der Waals surface area contributed by atoms with Gasteiger partial charge < -0.3 is 5.73 Å². The van der Waals surface area contributed by atoms with Gasteiger partial charge in [0.25, 0.3) is 5.91 Å². The van der Waals surface area contributed by atoms with Gasteiger partial charge in [0.1, 0.15) is 5.69 Å². The van der Waals surface area contributed by atoms with Crippen LogP contribution in [0.4, 0.5) is 0 Å². The van der Waals surface area contributed by atoms with E-state index in [1.807, 2.05) is 36.4 Å². The molecule has 0 saturated heterocycles. The number of aromatic nitrogens is 2. The van der Waals surface area contributed by atoms with Crippen LogP contribution >= 0.6 is 0 Å². The van der Waals surface area contributed by atoms with Gasteiger partial charge in [-0.15, -0.1) is 0 Å². The van der Waals surface area contributed by atoms with Gasteiger partial charge in [0, 0.05) is 17.5 Å². The zero-order chi connectivity index (χ0) is 16.2. The Morgan fingerprint density at radius 3 is 1.96 bits per heavy atom. The number of benzene rings is 2. The maximum Gasteiger partial charge on any atom is 0.269 e. The zero-order valence-electron chi connectivity index (χ0n) is 12.9. The number of hydrogen-bond acceptors (Lipinski definition) is 2. The highest BCUT2D eigenvalue weighted by Gasteiger charge is 2.24. The highest BCUT2D eigenvalue weighted by atomic mass is 16.1. The highest BCUT2D eigenvalue weighted by molar-refractivity contribution is 5.90. The predicted octanol–water partition coefficient (Wildman–Crippen LogP) is 3.44. The minimum atomic E-state index is -0.518. The maximum atomic E-state index is 11.3. The number of carbonyl (C=O) groups excluding carboxylic acids is 1. The summed E-state index contributed by atoms with van der Waals surface area (Å²) in [5.41, 5.74) is 8.92. The van der Waals surface area contributed by atoms with E-state index in [2.05, 4.69) is 41.4 Å². The van der Waals surface area contributed by atoms with Crippen molar-refractivity contribution in [3.05, 3.63) is 89.2 Å². The quantitative estimate of drug-likeness (QED) is 0.758. The Bertz CT molecular complexity index is 741. The van der Waals surface area contributed by atoms with E-state index in [0.29, 0.717) is 0 Å². The molecule has 0 spiro atoms. The molecule has 0 aliphatic carbocycles. The van der Waals surface area contributed by atoms with E-state index in [1.54, 1.807) is 6.07 Å². The third-order valence-electron chi connectivity index (χ3n) is 4.16. The molecule has 1 unspecified atom stereocenters. The second kappa shape index (κ2) is 6.48. The third kappa shape index (κ3) is 3.16. The van der Waals surface area contributed by atoms with Crippen molar-refractivity contribution in [2.24, 2.45) is 5.73 Å². The molecule has 0 fully saturated rings. The molecule has 1 aromatic heterocycles. The third-order valence-corrected chi connectivity index (χ3v) is 4.16. The van der Waals surface area contributed by atoms with Crippen LogP contribution in [-0.4, -0.2) is 16.1 Å². The lowest BCUT2D eigenvalue weighted by atomic mass is 9.80. The fourth-order valence-corrected chi connectivity index (χ4v) is 2.97. The summed E-state index contributed by atoms with van der Waals surface area (Å²) < 4.78 is 0. The minimum absolute atomic E-state index is 0.125. The molecule has 3 N–H and O–H groups in total. The average molecular weight is 305 g/mol. The van der Waals surface area contributed by atoms with Gasteiger partial charge >= 0.3 is 0 Å². The second-order valence-electron chi connectivity index (χ2n) is 5.66. The topological polar surface area (TPSA) is 71.8 Å². The van der Waals surface area contributed by atoms with Crippen LogP contribution in [0.3, 0.4) is 0 Å². The van der Waals surface area contributed by atoms with Crippen molar-refractivity contribution in [2.75, 3.05) is 0 Å². The number of rotatable bonds is 5. The van der Waals surface area contributed by atoms with Crippen molar-refractivity contribution in [1.29, 1.82) is 0 Å². The van der Waals surface area contributed by atoms with Crippen LogP contribution < -0.4 is 5.73 Å². The van der Waals surface area contributed by atoms with Crippen LogP contribution in [0.15, 0.2) is 66.7 Å². The Hall–Kier alpha value is -2.88. The molecule has 4 nitrogen and oxygen atoms in total. The van der Waals surface area contributed by atoms with Crippen molar-refractivity contribution in [1.82, 2.24) is 10.2 Å². The smallest absolute Gasteiger partial charge is 0.269 e. The van der Waals surface area contributed by atoms with E-state index in [-0.39, 0.29) is 17.5 Å². The number of amides is 1. The van der Waals surface area contributed by atoms with E-state index < -0.39 is 5.91 Å². The average Bonchev–Trinajstić information content (AvgIpc) is 3.07. The first-order chi connectivity index (χ1) is 11.2. The van der Waals surface area contributed by atoms with E-state index in [1.165, 1.54) is 11.1 Å². The Morgan fingerprint density at radius 2 is 1.52 bits per heavy atom. The molecular weight excluding hydrogens is 286 g/mol. The van der Waals surface area contributed by atoms with Gasteiger partial charge in [-0.3, -0.25) is 9.89 Å².